The molecule has 1 heterocycles. The fourth-order valence-corrected chi connectivity index (χ4v) is 2.42. The summed E-state index contributed by atoms with van der Waals surface area (Å²) in [4.78, 5) is 12.0. The Bertz CT molecular complexity index is 810. The second-order valence-corrected chi connectivity index (χ2v) is 5.53. The zero-order chi connectivity index (χ0) is 16.9. The first kappa shape index (κ1) is 16.1. The number of ether oxygens (including phenoxy) is 1. The van der Waals surface area contributed by atoms with Gasteiger partial charge in [-0.15, -0.1) is 0 Å². The molecule has 124 valence electrons. The van der Waals surface area contributed by atoms with Gasteiger partial charge in [0.2, 0.25) is 5.91 Å². The van der Waals surface area contributed by atoms with Crippen molar-refractivity contribution >= 4 is 16.9 Å². The van der Waals surface area contributed by atoms with E-state index in [2.05, 4.69) is 5.32 Å². The number of hydrogen-bond acceptors (Lipinski definition) is 3. The summed E-state index contributed by atoms with van der Waals surface area (Å²) in [5.41, 5.74) is 0.794. The minimum Gasteiger partial charge on any atom is -0.493 e. The first-order valence-corrected chi connectivity index (χ1v) is 7.78. The van der Waals surface area contributed by atoms with E-state index in [0.717, 1.165) is 11.0 Å². The molecule has 5 heteroatoms. The average Bonchev–Trinajstić information content (AvgIpc) is 2.99. The Morgan fingerprint density at radius 2 is 2.04 bits per heavy atom. The van der Waals surface area contributed by atoms with Gasteiger partial charge in [-0.05, 0) is 31.2 Å². The van der Waals surface area contributed by atoms with Crippen LogP contribution in [-0.2, 0) is 4.79 Å². The first-order valence-electron chi connectivity index (χ1n) is 7.78. The van der Waals surface area contributed by atoms with Crippen LogP contribution in [0.25, 0.3) is 11.0 Å². The smallest absolute Gasteiger partial charge is 0.224 e. The van der Waals surface area contributed by atoms with Crippen LogP contribution in [0.15, 0.2) is 59.0 Å². The molecular weight excluding hydrogens is 309 g/mol. The highest BCUT2D eigenvalue weighted by molar-refractivity contribution is 5.79. The second kappa shape index (κ2) is 7.17. The first-order chi connectivity index (χ1) is 11.6. The highest BCUT2D eigenvalue weighted by atomic mass is 19.1. The standard InChI is InChI=1S/C19H18FNO3/c1-13(18-11-14-5-2-3-8-17(14)24-18)21-19(22)9-10-23-16-7-4-6-15(20)12-16/h2-8,11-13H,9-10H2,1H3,(H,21,22). The van der Waals surface area contributed by atoms with Crippen molar-refractivity contribution in [3.05, 3.63) is 66.2 Å². The van der Waals surface area contributed by atoms with Crippen LogP contribution in [0.1, 0.15) is 25.1 Å². The van der Waals surface area contributed by atoms with Crippen molar-refractivity contribution < 1.29 is 18.3 Å². The van der Waals surface area contributed by atoms with Crippen molar-refractivity contribution in [2.24, 2.45) is 0 Å². The summed E-state index contributed by atoms with van der Waals surface area (Å²) >= 11 is 0. The third kappa shape index (κ3) is 3.93. The predicted octanol–water partition coefficient (Wildman–Crippen LogP) is 4.22. The number of amides is 1. The van der Waals surface area contributed by atoms with Crippen LogP contribution in [0.2, 0.25) is 0 Å². The van der Waals surface area contributed by atoms with E-state index in [-0.39, 0.29) is 30.8 Å². The maximum absolute atomic E-state index is 13.0. The zero-order valence-electron chi connectivity index (χ0n) is 13.3. The Hall–Kier alpha value is -2.82. The van der Waals surface area contributed by atoms with Crippen LogP contribution in [0.3, 0.4) is 0 Å². The minimum absolute atomic E-state index is 0.153. The molecule has 0 aliphatic heterocycles. The molecule has 0 saturated carbocycles. The molecule has 0 aliphatic rings. The molecule has 0 radical (unpaired) electrons. The largest absolute Gasteiger partial charge is 0.493 e. The minimum atomic E-state index is -0.365. The third-order valence-corrected chi connectivity index (χ3v) is 3.64. The van der Waals surface area contributed by atoms with Gasteiger partial charge in [0.05, 0.1) is 19.1 Å². The molecule has 1 atom stereocenters. The normalized spacial score (nSPS) is 12.1. The van der Waals surface area contributed by atoms with Crippen molar-refractivity contribution in [1.29, 1.82) is 0 Å². The number of rotatable bonds is 6. The van der Waals surface area contributed by atoms with Gasteiger partial charge < -0.3 is 14.5 Å². The quantitative estimate of drug-likeness (QED) is 0.737. The third-order valence-electron chi connectivity index (χ3n) is 3.64. The van der Waals surface area contributed by atoms with E-state index in [0.29, 0.717) is 11.5 Å². The molecule has 0 spiro atoms. The summed E-state index contributed by atoms with van der Waals surface area (Å²) in [6, 6.07) is 15.2. The second-order valence-electron chi connectivity index (χ2n) is 5.53. The summed E-state index contributed by atoms with van der Waals surface area (Å²) in [5.74, 6) is 0.596. The van der Waals surface area contributed by atoms with Crippen LogP contribution >= 0.6 is 0 Å². The lowest BCUT2D eigenvalue weighted by molar-refractivity contribution is -0.122. The fraction of sp³-hybridized carbons (Fsp3) is 0.211. The number of halogens is 1. The summed E-state index contributed by atoms with van der Waals surface area (Å²) in [5, 5.41) is 3.87. The predicted molar refractivity (Wildman–Crippen MR) is 89.3 cm³/mol. The van der Waals surface area contributed by atoms with Gasteiger partial charge >= 0.3 is 0 Å². The summed E-state index contributed by atoms with van der Waals surface area (Å²) in [6.07, 6.45) is 0.182. The van der Waals surface area contributed by atoms with E-state index < -0.39 is 0 Å². The lowest BCUT2D eigenvalue weighted by atomic mass is 10.2. The topological polar surface area (TPSA) is 51.5 Å². The van der Waals surface area contributed by atoms with Crippen LogP contribution in [0.4, 0.5) is 4.39 Å². The summed E-state index contributed by atoms with van der Waals surface area (Å²) in [7, 11) is 0. The van der Waals surface area contributed by atoms with E-state index in [1.807, 2.05) is 37.3 Å². The lowest BCUT2D eigenvalue weighted by Crippen LogP contribution is -2.27. The number of fused-ring (bicyclic) bond motifs is 1. The molecule has 1 unspecified atom stereocenters. The van der Waals surface area contributed by atoms with Crippen LogP contribution in [0.5, 0.6) is 5.75 Å². The average molecular weight is 327 g/mol. The highest BCUT2D eigenvalue weighted by Crippen LogP contribution is 2.23. The number of para-hydroxylation sites is 1. The summed E-state index contributed by atoms with van der Waals surface area (Å²) < 4.78 is 24.1. The molecule has 3 aromatic rings. The molecule has 2 aromatic carbocycles. The maximum Gasteiger partial charge on any atom is 0.224 e. The molecule has 0 bridgehead atoms. The van der Waals surface area contributed by atoms with E-state index >= 15 is 0 Å². The Morgan fingerprint density at radius 1 is 1.21 bits per heavy atom. The van der Waals surface area contributed by atoms with Crippen LogP contribution in [-0.4, -0.2) is 12.5 Å². The highest BCUT2D eigenvalue weighted by Gasteiger charge is 2.14. The molecule has 24 heavy (non-hydrogen) atoms. The van der Waals surface area contributed by atoms with Crippen molar-refractivity contribution in [2.75, 3.05) is 6.61 Å². The molecular formula is C19H18FNO3. The van der Waals surface area contributed by atoms with Gasteiger partial charge in [0.25, 0.3) is 0 Å². The van der Waals surface area contributed by atoms with Crippen molar-refractivity contribution in [1.82, 2.24) is 5.32 Å². The molecule has 4 nitrogen and oxygen atoms in total. The number of nitrogens with one attached hydrogen (secondary N) is 1. The summed E-state index contributed by atoms with van der Waals surface area (Å²) in [6.45, 7) is 2.05. The van der Waals surface area contributed by atoms with Crippen LogP contribution in [0, 0.1) is 5.82 Å². The number of benzene rings is 2. The van der Waals surface area contributed by atoms with E-state index in [9.17, 15) is 9.18 Å². The lowest BCUT2D eigenvalue weighted by Gasteiger charge is -2.12. The zero-order valence-corrected chi connectivity index (χ0v) is 13.3. The molecule has 1 aromatic heterocycles. The molecule has 1 N–H and O–H groups in total. The van der Waals surface area contributed by atoms with Crippen molar-refractivity contribution in [3.8, 4) is 5.75 Å². The van der Waals surface area contributed by atoms with E-state index in [4.69, 9.17) is 9.15 Å². The Kier molecular flexibility index (Phi) is 4.79. The number of carbonyl (C=O) groups excluding carboxylic acids is 1. The molecule has 1 amide bonds. The SMILES string of the molecule is CC(NC(=O)CCOc1cccc(F)c1)c1cc2ccccc2o1. The van der Waals surface area contributed by atoms with Crippen LogP contribution < -0.4 is 10.1 Å². The molecule has 0 saturated heterocycles. The Balaban J connectivity index is 1.50. The number of furan rings is 1. The van der Waals surface area contributed by atoms with Crippen molar-refractivity contribution in [2.45, 2.75) is 19.4 Å². The number of carbonyl (C=O) groups is 1. The molecule has 3 rings (SSSR count). The number of hydrogen-bond donors (Lipinski definition) is 1. The van der Waals surface area contributed by atoms with Gasteiger partial charge in [-0.2, -0.15) is 0 Å². The Morgan fingerprint density at radius 3 is 2.83 bits per heavy atom. The Labute approximate surface area is 139 Å². The van der Waals surface area contributed by atoms with E-state index in [1.165, 1.54) is 12.1 Å². The van der Waals surface area contributed by atoms with Gasteiger partial charge in [-0.3, -0.25) is 4.79 Å². The van der Waals surface area contributed by atoms with Gasteiger partial charge in [0.15, 0.2) is 0 Å². The molecule has 0 aliphatic carbocycles. The maximum atomic E-state index is 13.0. The van der Waals surface area contributed by atoms with Gasteiger partial charge in [0.1, 0.15) is 22.9 Å². The van der Waals surface area contributed by atoms with Crippen molar-refractivity contribution in [3.63, 3.8) is 0 Å². The van der Waals surface area contributed by atoms with Gasteiger partial charge in [-0.1, -0.05) is 24.3 Å². The van der Waals surface area contributed by atoms with Gasteiger partial charge in [0, 0.05) is 11.5 Å². The van der Waals surface area contributed by atoms with E-state index in [1.54, 1.807) is 12.1 Å². The fourth-order valence-electron chi connectivity index (χ4n) is 2.42. The monoisotopic (exact) mass is 327 g/mol. The molecule has 0 fully saturated rings. The van der Waals surface area contributed by atoms with Gasteiger partial charge in [-0.25, -0.2) is 4.39 Å².